The van der Waals surface area contributed by atoms with E-state index in [9.17, 15) is 29.7 Å². The second-order valence-electron chi connectivity index (χ2n) is 8.61. The predicted octanol–water partition coefficient (Wildman–Crippen LogP) is 3.68. The predicted molar refractivity (Wildman–Crippen MR) is 144 cm³/mol. The quantitative estimate of drug-likeness (QED) is 0.120. The molecule has 8 heteroatoms. The Hall–Kier alpha value is -3.17. The van der Waals surface area contributed by atoms with Crippen molar-refractivity contribution in [2.45, 2.75) is 87.0 Å². The van der Waals surface area contributed by atoms with Crippen LogP contribution in [-0.2, 0) is 33.9 Å². The van der Waals surface area contributed by atoms with E-state index >= 15 is 0 Å². The summed E-state index contributed by atoms with van der Waals surface area (Å²) in [6.07, 6.45) is 9.55. The second-order valence-corrected chi connectivity index (χ2v) is 8.61. The third-order valence-electron chi connectivity index (χ3n) is 4.47. The molecule has 39 heavy (non-hydrogen) atoms. The van der Waals surface area contributed by atoms with Crippen molar-refractivity contribution in [1.29, 1.82) is 0 Å². The first-order valence-electron chi connectivity index (χ1n) is 12.7. The van der Waals surface area contributed by atoms with Crippen LogP contribution in [0, 0.1) is 11.8 Å². The Morgan fingerprint density at radius 3 is 1.59 bits per heavy atom. The Bertz CT molecular complexity index is 983. The fourth-order valence-electron chi connectivity index (χ4n) is 2.84. The van der Waals surface area contributed by atoms with Gasteiger partial charge in [-0.3, -0.25) is 14.4 Å². The molecule has 0 atom stereocenters. The Morgan fingerprint density at radius 2 is 1.23 bits per heavy atom. The zero-order chi connectivity index (χ0) is 29.5. The summed E-state index contributed by atoms with van der Waals surface area (Å²) in [5.41, 5.74) is 0.792. The van der Waals surface area contributed by atoms with Crippen LogP contribution < -0.4 is 20.1 Å². The summed E-state index contributed by atoms with van der Waals surface area (Å²) in [4.78, 5) is 31.3. The molecular formula is C31H41O7Ru. The third-order valence-corrected chi connectivity index (χ3v) is 4.47. The second kappa shape index (κ2) is 25.1. The zero-order valence-electron chi connectivity index (χ0n) is 24.1. The van der Waals surface area contributed by atoms with Crippen LogP contribution in [0.3, 0.4) is 0 Å². The van der Waals surface area contributed by atoms with Gasteiger partial charge in [-0.25, -0.2) is 0 Å². The number of hydrogen-bond donors (Lipinski definition) is 0. The topological polar surface area (TPSA) is 130 Å². The molecule has 215 valence electrons. The smallest absolute Gasteiger partial charge is 0.876 e. The van der Waals surface area contributed by atoms with Crippen molar-refractivity contribution in [2.24, 2.45) is 0 Å². The average molecular weight is 627 g/mol. The molecule has 0 spiro atoms. The number of carbonyl (C=O) groups is 3. The van der Waals surface area contributed by atoms with E-state index in [2.05, 4.69) is 18.8 Å². The van der Waals surface area contributed by atoms with E-state index in [1.165, 1.54) is 73.6 Å². The number of hydrogen-bond acceptors (Lipinski definition) is 7. The number of ether oxygens (including phenoxy) is 1. The molecule has 0 fully saturated rings. The molecule has 0 bridgehead atoms. The van der Waals surface area contributed by atoms with Gasteiger partial charge in [0.2, 0.25) is 0 Å². The molecule has 0 aromatic heterocycles. The van der Waals surface area contributed by atoms with Crippen LogP contribution in [0.4, 0.5) is 0 Å². The molecule has 1 radical (unpaired) electrons. The molecule has 0 aliphatic rings. The maximum absolute atomic E-state index is 11.3. The van der Waals surface area contributed by atoms with E-state index in [0.717, 1.165) is 36.5 Å². The fourth-order valence-corrected chi connectivity index (χ4v) is 2.84. The fraction of sp³-hybridized carbons (Fsp3) is 0.452. The minimum Gasteiger partial charge on any atom is -0.876 e. The molecule has 1 rings (SSSR count). The van der Waals surface area contributed by atoms with Crippen molar-refractivity contribution in [3.8, 4) is 17.6 Å². The number of rotatable bonds is 11. The zero-order valence-corrected chi connectivity index (χ0v) is 25.9. The van der Waals surface area contributed by atoms with Gasteiger partial charge in [0.15, 0.2) is 17.3 Å². The summed E-state index contributed by atoms with van der Waals surface area (Å²) in [5.74, 6) is 4.98. The average Bonchev–Trinajstić information content (AvgIpc) is 2.78. The van der Waals surface area contributed by atoms with Gasteiger partial charge in [-0.15, -0.1) is 17.3 Å². The monoisotopic (exact) mass is 627 g/mol. The molecule has 0 unspecified atom stereocenters. The van der Waals surface area contributed by atoms with Crippen molar-refractivity contribution in [3.05, 3.63) is 64.8 Å². The minimum absolute atomic E-state index is 0. The summed E-state index contributed by atoms with van der Waals surface area (Å²) >= 11 is 0. The van der Waals surface area contributed by atoms with Crippen LogP contribution in [-0.4, -0.2) is 24.0 Å². The van der Waals surface area contributed by atoms with Gasteiger partial charge in [0, 0.05) is 5.56 Å². The van der Waals surface area contributed by atoms with E-state index < -0.39 is 0 Å². The van der Waals surface area contributed by atoms with Gasteiger partial charge in [0.05, 0.1) is 12.2 Å². The van der Waals surface area contributed by atoms with Gasteiger partial charge in [-0.05, 0) is 63.6 Å². The molecule has 1 aromatic carbocycles. The van der Waals surface area contributed by atoms with E-state index in [1.54, 1.807) is 0 Å². The van der Waals surface area contributed by atoms with Crippen molar-refractivity contribution < 1.29 is 53.9 Å². The first-order chi connectivity index (χ1) is 17.8. The molecule has 0 aliphatic heterocycles. The number of ketones is 3. The Labute approximate surface area is 246 Å². The van der Waals surface area contributed by atoms with Gasteiger partial charge in [0.1, 0.15) is 5.75 Å². The van der Waals surface area contributed by atoms with Gasteiger partial charge in [0.25, 0.3) is 0 Å². The summed E-state index contributed by atoms with van der Waals surface area (Å²) in [7, 11) is 0. The number of unbranched alkanes of at least 4 members (excludes halogenated alkanes) is 5. The summed E-state index contributed by atoms with van der Waals surface area (Å²) < 4.78 is 5.71. The van der Waals surface area contributed by atoms with Gasteiger partial charge >= 0.3 is 19.5 Å². The maximum Gasteiger partial charge on any atom is 3.00 e. The molecule has 0 heterocycles. The van der Waals surface area contributed by atoms with E-state index in [4.69, 9.17) is 4.74 Å². The Kier molecular flexibility index (Phi) is 26.0. The van der Waals surface area contributed by atoms with E-state index in [-0.39, 0.29) is 59.7 Å². The molecule has 0 aliphatic carbocycles. The standard InChI is InChI=1S/C21H28O3.2C5H8O2.Ru/c1-4-5-6-7-8-9-16-24-20-13-10-19(11-14-20)12-15-21(17(2)22)18(3)23;2*1-4(6)3-5(2)7;/h10-11,13-14,22H,4-9,16H2,1-3H3;2*3,6H,1-2H3;/q;;;+3/p-3/b21-17-;2*4-3-;. The van der Waals surface area contributed by atoms with Crippen LogP contribution in [0.2, 0.25) is 0 Å². The molecule has 0 amide bonds. The van der Waals surface area contributed by atoms with E-state index in [0.29, 0.717) is 0 Å². The van der Waals surface area contributed by atoms with Crippen LogP contribution in [0.25, 0.3) is 0 Å². The van der Waals surface area contributed by atoms with E-state index in [1.807, 2.05) is 24.3 Å². The van der Waals surface area contributed by atoms with Gasteiger partial charge in [-0.1, -0.05) is 71.6 Å². The number of allylic oxidation sites excluding steroid dienone is 6. The summed E-state index contributed by atoms with van der Waals surface area (Å²) in [6.45, 7) is 11.0. The minimum atomic E-state index is -0.297. The van der Waals surface area contributed by atoms with Crippen molar-refractivity contribution in [1.82, 2.24) is 0 Å². The summed E-state index contributed by atoms with van der Waals surface area (Å²) in [6, 6.07) is 7.40. The van der Waals surface area contributed by atoms with Crippen molar-refractivity contribution in [2.75, 3.05) is 6.61 Å². The van der Waals surface area contributed by atoms with Crippen LogP contribution >= 0.6 is 0 Å². The number of Topliss-reactive ketones (excluding diaryl/α,β-unsaturated/α-hetero) is 1. The Balaban J connectivity index is -0.000000711. The largest absolute Gasteiger partial charge is 3.00 e. The van der Waals surface area contributed by atoms with Crippen LogP contribution in [0.5, 0.6) is 5.75 Å². The maximum atomic E-state index is 11.3. The Morgan fingerprint density at radius 1 is 0.769 bits per heavy atom. The third kappa shape index (κ3) is 27.7. The number of benzene rings is 1. The van der Waals surface area contributed by atoms with Gasteiger partial charge < -0.3 is 20.1 Å². The molecular weight excluding hydrogens is 585 g/mol. The van der Waals surface area contributed by atoms with Crippen molar-refractivity contribution >= 4 is 17.3 Å². The SMILES string of the molecule is CC(=O)/C=C(/C)[O-].CC(=O)/C=C(/C)[O-].CCCCCCCCOc1ccc(C#C/C(C(C)=O)=C(\C)[O-])cc1.[Ru+3]. The first-order valence-corrected chi connectivity index (χ1v) is 12.7. The van der Waals surface area contributed by atoms with Crippen LogP contribution in [0.15, 0.2) is 59.3 Å². The number of carbonyl (C=O) groups excluding carboxylic acids is 3. The molecule has 0 N–H and O–H groups in total. The van der Waals surface area contributed by atoms with Crippen LogP contribution in [0.1, 0.15) is 92.6 Å². The molecule has 1 aromatic rings. The van der Waals surface area contributed by atoms with Gasteiger partial charge in [-0.2, -0.15) is 0 Å². The molecule has 7 nitrogen and oxygen atoms in total. The molecule has 0 saturated carbocycles. The summed E-state index contributed by atoms with van der Waals surface area (Å²) in [5, 5.41) is 31.3. The van der Waals surface area contributed by atoms with Crippen molar-refractivity contribution in [3.63, 3.8) is 0 Å². The first kappa shape index (κ1) is 40.3. The molecule has 0 saturated heterocycles. The normalized spacial score (nSPS) is 11.1.